The summed E-state index contributed by atoms with van der Waals surface area (Å²) in [6, 6.07) is 5.22. The minimum absolute atomic E-state index is 0.0521. The lowest BCUT2D eigenvalue weighted by Crippen LogP contribution is -2.44. The average Bonchev–Trinajstić information content (AvgIpc) is 3.18. The van der Waals surface area contributed by atoms with Crippen LogP contribution in [-0.2, 0) is 12.8 Å². The molecular formula is C19H18FN3OS. The number of rotatable bonds is 3. The third-order valence-electron chi connectivity index (χ3n) is 5.32. The van der Waals surface area contributed by atoms with E-state index in [1.807, 2.05) is 11.6 Å². The molecule has 1 atom stereocenters. The Morgan fingerprint density at radius 2 is 2.16 bits per heavy atom. The maximum Gasteiger partial charge on any atom is 0.255 e. The normalized spacial score (nSPS) is 19.8. The molecule has 0 bridgehead atoms. The Balaban J connectivity index is 1.50. The van der Waals surface area contributed by atoms with Crippen LogP contribution in [0.2, 0.25) is 0 Å². The molecule has 2 aliphatic carbocycles. The maximum absolute atomic E-state index is 13.7. The molecule has 128 valence electrons. The minimum atomic E-state index is -0.293. The zero-order valence-corrected chi connectivity index (χ0v) is 14.5. The van der Waals surface area contributed by atoms with E-state index in [4.69, 9.17) is 0 Å². The molecule has 2 heterocycles. The van der Waals surface area contributed by atoms with Crippen molar-refractivity contribution in [3.05, 3.63) is 52.4 Å². The molecule has 5 rings (SSSR count). The van der Waals surface area contributed by atoms with Crippen molar-refractivity contribution in [2.24, 2.45) is 0 Å². The van der Waals surface area contributed by atoms with Crippen LogP contribution < -0.4 is 0 Å². The molecule has 1 unspecified atom stereocenters. The van der Waals surface area contributed by atoms with Gasteiger partial charge in [-0.2, -0.15) is 5.10 Å². The third kappa shape index (κ3) is 2.56. The van der Waals surface area contributed by atoms with E-state index in [0.717, 1.165) is 42.2 Å². The van der Waals surface area contributed by atoms with Crippen molar-refractivity contribution >= 4 is 27.3 Å². The third-order valence-corrected chi connectivity index (χ3v) is 6.29. The van der Waals surface area contributed by atoms with E-state index in [1.54, 1.807) is 6.07 Å². The molecule has 1 aromatic carbocycles. The first-order valence-electron chi connectivity index (χ1n) is 8.71. The van der Waals surface area contributed by atoms with Gasteiger partial charge in [-0.1, -0.05) is 0 Å². The van der Waals surface area contributed by atoms with Crippen LogP contribution in [0.1, 0.15) is 40.9 Å². The number of H-pyrrole nitrogens is 1. The number of aromatic nitrogens is 2. The molecule has 0 radical (unpaired) electrons. The van der Waals surface area contributed by atoms with E-state index in [1.165, 1.54) is 34.7 Å². The van der Waals surface area contributed by atoms with Crippen LogP contribution in [0.15, 0.2) is 29.8 Å². The van der Waals surface area contributed by atoms with Crippen LogP contribution in [0.3, 0.4) is 0 Å². The molecule has 1 saturated carbocycles. The summed E-state index contributed by atoms with van der Waals surface area (Å²) in [6.45, 7) is 0. The first-order valence-corrected chi connectivity index (χ1v) is 9.59. The minimum Gasteiger partial charge on any atom is -0.332 e. The Morgan fingerprint density at radius 1 is 1.28 bits per heavy atom. The summed E-state index contributed by atoms with van der Waals surface area (Å²) in [4.78, 5) is 15.4. The van der Waals surface area contributed by atoms with Crippen molar-refractivity contribution in [3.8, 4) is 0 Å². The van der Waals surface area contributed by atoms with Gasteiger partial charge in [0.1, 0.15) is 5.82 Å². The lowest BCUT2D eigenvalue weighted by molar-refractivity contribution is 0.0645. The van der Waals surface area contributed by atoms with Gasteiger partial charge >= 0.3 is 0 Å². The van der Waals surface area contributed by atoms with Gasteiger partial charge in [0, 0.05) is 33.2 Å². The van der Waals surface area contributed by atoms with Crippen molar-refractivity contribution in [1.82, 2.24) is 15.1 Å². The molecule has 1 N–H and O–H groups in total. The molecule has 0 aliphatic heterocycles. The van der Waals surface area contributed by atoms with E-state index in [9.17, 15) is 9.18 Å². The van der Waals surface area contributed by atoms with Gasteiger partial charge in [0.2, 0.25) is 0 Å². The number of nitrogens with zero attached hydrogens (tertiary/aromatic N) is 2. The second kappa shape index (κ2) is 5.66. The predicted octanol–water partition coefficient (Wildman–Crippen LogP) is 3.93. The van der Waals surface area contributed by atoms with E-state index in [0.29, 0.717) is 11.6 Å². The zero-order chi connectivity index (χ0) is 17.0. The molecule has 3 aromatic rings. The summed E-state index contributed by atoms with van der Waals surface area (Å²) < 4.78 is 14.6. The average molecular weight is 355 g/mol. The number of halogens is 1. The summed E-state index contributed by atoms with van der Waals surface area (Å²) in [5, 5.41) is 9.81. The van der Waals surface area contributed by atoms with E-state index < -0.39 is 0 Å². The molecule has 0 saturated heterocycles. The number of carbonyl (C=O) groups excluding carboxylic acids is 1. The molecular weight excluding hydrogens is 337 g/mol. The second-order valence-corrected chi connectivity index (χ2v) is 7.92. The number of benzene rings is 1. The molecule has 0 spiro atoms. The number of fused-ring (bicyclic) bond motifs is 2. The molecule has 1 fully saturated rings. The number of amides is 1. The van der Waals surface area contributed by atoms with Crippen LogP contribution in [-0.4, -0.2) is 33.1 Å². The highest BCUT2D eigenvalue weighted by Crippen LogP contribution is 2.36. The molecule has 2 aromatic heterocycles. The van der Waals surface area contributed by atoms with Crippen LogP contribution in [0.4, 0.5) is 4.39 Å². The Bertz CT molecular complexity index is 959. The largest absolute Gasteiger partial charge is 0.332 e. The first kappa shape index (κ1) is 15.1. The fraction of sp³-hybridized carbons (Fsp3) is 0.368. The van der Waals surface area contributed by atoms with Gasteiger partial charge in [-0.15, -0.1) is 11.3 Å². The van der Waals surface area contributed by atoms with Crippen LogP contribution in [0.5, 0.6) is 0 Å². The number of hydrogen-bond donors (Lipinski definition) is 1. The highest BCUT2D eigenvalue weighted by atomic mass is 32.1. The van der Waals surface area contributed by atoms with Crippen LogP contribution in [0, 0.1) is 5.82 Å². The fourth-order valence-corrected chi connectivity index (χ4v) is 4.84. The standard InChI is InChI=1S/C19H18FN3OS/c20-12-1-6-18-15(8-12)16(10-25-18)19(24)23(13-2-3-13)14-4-5-17-11(7-14)9-21-22-17/h1,6,8-10,13-14H,2-5,7H2,(H,21,22). The van der Waals surface area contributed by atoms with Crippen LogP contribution in [0.25, 0.3) is 10.1 Å². The summed E-state index contributed by atoms with van der Waals surface area (Å²) in [6.07, 6.45) is 6.74. The Kier molecular flexibility index (Phi) is 3.41. The van der Waals surface area contributed by atoms with E-state index in [-0.39, 0.29) is 17.8 Å². The highest BCUT2D eigenvalue weighted by Gasteiger charge is 2.39. The van der Waals surface area contributed by atoms with Gasteiger partial charge in [0.15, 0.2) is 0 Å². The number of carbonyl (C=O) groups is 1. The van der Waals surface area contributed by atoms with Crippen molar-refractivity contribution in [1.29, 1.82) is 0 Å². The van der Waals surface area contributed by atoms with Crippen molar-refractivity contribution in [3.63, 3.8) is 0 Å². The summed E-state index contributed by atoms with van der Waals surface area (Å²) in [5.41, 5.74) is 3.06. The Morgan fingerprint density at radius 3 is 3.00 bits per heavy atom. The lowest BCUT2D eigenvalue weighted by Gasteiger charge is -2.34. The number of aromatic amines is 1. The maximum atomic E-state index is 13.7. The van der Waals surface area contributed by atoms with Gasteiger partial charge in [-0.25, -0.2) is 4.39 Å². The molecule has 25 heavy (non-hydrogen) atoms. The van der Waals surface area contributed by atoms with Gasteiger partial charge in [-0.05, 0) is 55.9 Å². The van der Waals surface area contributed by atoms with Gasteiger partial charge in [-0.3, -0.25) is 9.89 Å². The van der Waals surface area contributed by atoms with Crippen LogP contribution >= 0.6 is 11.3 Å². The zero-order valence-electron chi connectivity index (χ0n) is 13.7. The SMILES string of the molecule is O=C(c1csc2ccc(F)cc12)N(C1CC1)C1CCc2[nH]ncc2C1. The topological polar surface area (TPSA) is 49.0 Å². The van der Waals surface area contributed by atoms with Crippen molar-refractivity contribution < 1.29 is 9.18 Å². The van der Waals surface area contributed by atoms with Gasteiger partial charge < -0.3 is 4.90 Å². The van der Waals surface area contributed by atoms with E-state index >= 15 is 0 Å². The number of thiophene rings is 1. The number of aryl methyl sites for hydroxylation is 1. The van der Waals surface area contributed by atoms with E-state index in [2.05, 4.69) is 15.1 Å². The van der Waals surface area contributed by atoms with Crippen molar-refractivity contribution in [2.75, 3.05) is 0 Å². The predicted molar refractivity (Wildman–Crippen MR) is 95.4 cm³/mol. The molecule has 4 nitrogen and oxygen atoms in total. The Hall–Kier alpha value is -2.21. The monoisotopic (exact) mass is 355 g/mol. The van der Waals surface area contributed by atoms with Gasteiger partial charge in [0.25, 0.3) is 5.91 Å². The Labute approximate surface area is 148 Å². The number of hydrogen-bond acceptors (Lipinski definition) is 3. The lowest BCUT2D eigenvalue weighted by atomic mass is 9.91. The van der Waals surface area contributed by atoms with Gasteiger partial charge in [0.05, 0.1) is 11.8 Å². The van der Waals surface area contributed by atoms with Crippen molar-refractivity contribution in [2.45, 2.75) is 44.2 Å². The summed E-state index contributed by atoms with van der Waals surface area (Å²) in [7, 11) is 0. The smallest absolute Gasteiger partial charge is 0.255 e. The quantitative estimate of drug-likeness (QED) is 0.774. The highest BCUT2D eigenvalue weighted by molar-refractivity contribution is 7.17. The fourth-order valence-electron chi connectivity index (χ4n) is 3.92. The molecule has 1 amide bonds. The first-order chi connectivity index (χ1) is 12.2. The molecule has 2 aliphatic rings. The second-order valence-electron chi connectivity index (χ2n) is 7.00. The summed E-state index contributed by atoms with van der Waals surface area (Å²) in [5.74, 6) is -0.241. The molecule has 6 heteroatoms. The number of nitrogens with one attached hydrogen (secondary N) is 1. The summed E-state index contributed by atoms with van der Waals surface area (Å²) >= 11 is 1.51.